The standard InChI is InChI=1S/C9H9F4NO/c1-2-3-4-15-7-5(10)8(12)14-9(13)6(7)11/h2-4H2,1H3. The fourth-order valence-electron chi connectivity index (χ4n) is 0.913. The summed E-state index contributed by atoms with van der Waals surface area (Å²) in [6.07, 6.45) is 1.27. The molecular weight excluding hydrogens is 214 g/mol. The zero-order valence-corrected chi connectivity index (χ0v) is 7.99. The second-order valence-corrected chi connectivity index (χ2v) is 2.85. The molecule has 1 aromatic rings. The summed E-state index contributed by atoms with van der Waals surface area (Å²) in [4.78, 5) is 2.40. The maximum atomic E-state index is 12.9. The van der Waals surface area contributed by atoms with E-state index < -0.39 is 29.3 Å². The Morgan fingerprint density at radius 3 is 2.07 bits per heavy atom. The fraction of sp³-hybridized carbons (Fsp3) is 0.444. The minimum atomic E-state index is -1.71. The molecule has 0 aliphatic carbocycles. The Kier molecular flexibility index (Phi) is 3.88. The van der Waals surface area contributed by atoms with Gasteiger partial charge in [-0.15, -0.1) is 0 Å². The average molecular weight is 223 g/mol. The third-order valence-corrected chi connectivity index (χ3v) is 1.70. The second kappa shape index (κ2) is 4.95. The summed E-state index contributed by atoms with van der Waals surface area (Å²) in [5.74, 6) is -7.68. The van der Waals surface area contributed by atoms with Crippen molar-refractivity contribution in [1.29, 1.82) is 0 Å². The quantitative estimate of drug-likeness (QED) is 0.445. The van der Waals surface area contributed by atoms with Crippen molar-refractivity contribution in [2.45, 2.75) is 19.8 Å². The van der Waals surface area contributed by atoms with Gasteiger partial charge in [0.15, 0.2) is 5.75 Å². The van der Waals surface area contributed by atoms with Gasteiger partial charge in [-0.25, -0.2) is 0 Å². The van der Waals surface area contributed by atoms with Crippen molar-refractivity contribution in [1.82, 2.24) is 4.98 Å². The summed E-state index contributed by atoms with van der Waals surface area (Å²) in [5.41, 5.74) is 0. The van der Waals surface area contributed by atoms with Gasteiger partial charge in [0.25, 0.3) is 11.9 Å². The molecule has 0 aromatic carbocycles. The molecule has 0 N–H and O–H groups in total. The summed E-state index contributed by atoms with van der Waals surface area (Å²) in [5, 5.41) is 0. The zero-order chi connectivity index (χ0) is 11.4. The van der Waals surface area contributed by atoms with Gasteiger partial charge in [-0.2, -0.15) is 22.5 Å². The predicted molar refractivity (Wildman–Crippen MR) is 44.5 cm³/mol. The molecule has 6 heteroatoms. The van der Waals surface area contributed by atoms with Crippen molar-refractivity contribution in [2.24, 2.45) is 0 Å². The van der Waals surface area contributed by atoms with E-state index in [0.717, 1.165) is 6.42 Å². The minimum Gasteiger partial charge on any atom is -0.487 e. The van der Waals surface area contributed by atoms with E-state index in [1.165, 1.54) is 0 Å². The highest BCUT2D eigenvalue weighted by Gasteiger charge is 2.21. The summed E-state index contributed by atoms with van der Waals surface area (Å²) in [6.45, 7) is 1.83. The van der Waals surface area contributed by atoms with Gasteiger partial charge in [0.1, 0.15) is 0 Å². The summed E-state index contributed by atoms with van der Waals surface area (Å²) in [6, 6.07) is 0. The Hall–Kier alpha value is -1.33. The van der Waals surface area contributed by atoms with Gasteiger partial charge in [-0.3, -0.25) is 0 Å². The average Bonchev–Trinajstić information content (AvgIpc) is 2.20. The third kappa shape index (κ3) is 2.57. The number of rotatable bonds is 4. The van der Waals surface area contributed by atoms with Crippen LogP contribution in [0.5, 0.6) is 5.75 Å². The molecule has 0 bridgehead atoms. The van der Waals surface area contributed by atoms with Crippen LogP contribution in [0.15, 0.2) is 0 Å². The van der Waals surface area contributed by atoms with Crippen LogP contribution in [-0.2, 0) is 0 Å². The molecule has 0 spiro atoms. The SMILES string of the molecule is CCCCOc1c(F)c(F)nc(F)c1F. The highest BCUT2D eigenvalue weighted by molar-refractivity contribution is 5.24. The van der Waals surface area contributed by atoms with E-state index >= 15 is 0 Å². The first-order valence-electron chi connectivity index (χ1n) is 4.40. The molecule has 0 atom stereocenters. The van der Waals surface area contributed by atoms with Gasteiger partial charge in [0.2, 0.25) is 11.6 Å². The molecule has 0 aliphatic rings. The van der Waals surface area contributed by atoms with Crippen LogP contribution in [-0.4, -0.2) is 11.6 Å². The van der Waals surface area contributed by atoms with Crippen molar-refractivity contribution < 1.29 is 22.3 Å². The van der Waals surface area contributed by atoms with Crippen LogP contribution in [0.2, 0.25) is 0 Å². The van der Waals surface area contributed by atoms with E-state index in [1.54, 1.807) is 0 Å². The lowest BCUT2D eigenvalue weighted by Crippen LogP contribution is -2.07. The van der Waals surface area contributed by atoms with E-state index in [9.17, 15) is 17.6 Å². The van der Waals surface area contributed by atoms with Crippen LogP contribution in [0.25, 0.3) is 0 Å². The third-order valence-electron chi connectivity index (χ3n) is 1.70. The molecule has 2 nitrogen and oxygen atoms in total. The van der Waals surface area contributed by atoms with Crippen molar-refractivity contribution in [3.63, 3.8) is 0 Å². The Bertz CT molecular complexity index is 330. The molecule has 0 saturated carbocycles. The number of unbranched alkanes of at least 4 members (excludes halogenated alkanes) is 1. The van der Waals surface area contributed by atoms with Gasteiger partial charge in [-0.05, 0) is 6.42 Å². The number of ether oxygens (including phenoxy) is 1. The molecular formula is C9H9F4NO. The first-order chi connectivity index (χ1) is 7.07. The van der Waals surface area contributed by atoms with E-state index in [2.05, 4.69) is 9.72 Å². The fourth-order valence-corrected chi connectivity index (χ4v) is 0.913. The van der Waals surface area contributed by atoms with Gasteiger partial charge < -0.3 is 4.74 Å². The summed E-state index contributed by atoms with van der Waals surface area (Å²) >= 11 is 0. The van der Waals surface area contributed by atoms with Gasteiger partial charge in [0.05, 0.1) is 6.61 Å². The molecule has 0 radical (unpaired) electrons. The topological polar surface area (TPSA) is 22.1 Å². The molecule has 1 aromatic heterocycles. The summed E-state index contributed by atoms with van der Waals surface area (Å²) in [7, 11) is 0. The number of hydrogen-bond donors (Lipinski definition) is 0. The van der Waals surface area contributed by atoms with E-state index in [4.69, 9.17) is 0 Å². The highest BCUT2D eigenvalue weighted by Crippen LogP contribution is 2.24. The number of aromatic nitrogens is 1. The lowest BCUT2D eigenvalue weighted by Gasteiger charge is -2.07. The van der Waals surface area contributed by atoms with Crippen molar-refractivity contribution in [3.8, 4) is 5.75 Å². The first kappa shape index (κ1) is 11.7. The molecule has 0 amide bonds. The molecule has 0 unspecified atom stereocenters. The monoisotopic (exact) mass is 223 g/mol. The van der Waals surface area contributed by atoms with Crippen LogP contribution < -0.4 is 4.74 Å². The lowest BCUT2D eigenvalue weighted by molar-refractivity contribution is 0.259. The van der Waals surface area contributed by atoms with Gasteiger partial charge in [0, 0.05) is 0 Å². The Balaban J connectivity index is 2.94. The molecule has 0 aliphatic heterocycles. The van der Waals surface area contributed by atoms with Crippen LogP contribution in [0, 0.1) is 23.5 Å². The zero-order valence-electron chi connectivity index (χ0n) is 7.99. The summed E-state index contributed by atoms with van der Waals surface area (Å²) < 4.78 is 55.5. The Morgan fingerprint density at radius 1 is 1.07 bits per heavy atom. The van der Waals surface area contributed by atoms with Crippen molar-refractivity contribution in [3.05, 3.63) is 23.5 Å². The van der Waals surface area contributed by atoms with Crippen molar-refractivity contribution >= 4 is 0 Å². The molecule has 0 saturated heterocycles. The number of nitrogens with zero attached hydrogens (tertiary/aromatic N) is 1. The van der Waals surface area contributed by atoms with Crippen LogP contribution in [0.4, 0.5) is 17.6 Å². The van der Waals surface area contributed by atoms with Crippen LogP contribution in [0.3, 0.4) is 0 Å². The van der Waals surface area contributed by atoms with Crippen molar-refractivity contribution in [2.75, 3.05) is 6.61 Å². The van der Waals surface area contributed by atoms with Gasteiger partial charge in [-0.1, -0.05) is 13.3 Å². The maximum absolute atomic E-state index is 12.9. The van der Waals surface area contributed by atoms with E-state index in [1.807, 2.05) is 6.92 Å². The maximum Gasteiger partial charge on any atom is 0.255 e. The van der Waals surface area contributed by atoms with Crippen LogP contribution >= 0.6 is 0 Å². The number of halogens is 4. The highest BCUT2D eigenvalue weighted by atomic mass is 19.2. The normalized spacial score (nSPS) is 10.5. The molecule has 1 rings (SSSR count). The lowest BCUT2D eigenvalue weighted by atomic mass is 10.3. The van der Waals surface area contributed by atoms with Gasteiger partial charge >= 0.3 is 0 Å². The Morgan fingerprint density at radius 2 is 1.60 bits per heavy atom. The molecule has 1 heterocycles. The molecule has 15 heavy (non-hydrogen) atoms. The number of hydrogen-bond acceptors (Lipinski definition) is 2. The minimum absolute atomic E-state index is 0.00671. The largest absolute Gasteiger partial charge is 0.487 e. The Labute approximate surface area is 83.9 Å². The second-order valence-electron chi connectivity index (χ2n) is 2.85. The molecule has 0 fully saturated rings. The van der Waals surface area contributed by atoms with Crippen LogP contribution in [0.1, 0.15) is 19.8 Å². The van der Waals surface area contributed by atoms with E-state index in [-0.39, 0.29) is 6.61 Å². The smallest absolute Gasteiger partial charge is 0.255 e. The first-order valence-corrected chi connectivity index (χ1v) is 4.40. The predicted octanol–water partition coefficient (Wildman–Crippen LogP) is 2.82. The van der Waals surface area contributed by atoms with E-state index in [0.29, 0.717) is 6.42 Å². The number of pyridine rings is 1. The molecule has 84 valence electrons.